The van der Waals surface area contributed by atoms with E-state index in [-0.39, 0.29) is 16.9 Å². The van der Waals surface area contributed by atoms with Gasteiger partial charge in [-0.15, -0.1) is 0 Å². The van der Waals surface area contributed by atoms with Gasteiger partial charge in [0.15, 0.2) is 0 Å². The predicted molar refractivity (Wildman–Crippen MR) is 92.5 cm³/mol. The highest BCUT2D eigenvalue weighted by molar-refractivity contribution is 6.02. The number of carbonyl (C=O) groups is 1. The van der Waals surface area contributed by atoms with Crippen molar-refractivity contribution in [3.63, 3.8) is 0 Å². The first-order valence-electron chi connectivity index (χ1n) is 7.38. The van der Waals surface area contributed by atoms with E-state index in [4.69, 9.17) is 10.5 Å². The standard InChI is InChI=1S/C19H16N2O3/c1-24-15-12-16(22)21(14-10-6-3-7-11-14)18(17(15)19(20)23)13-8-4-2-5-9-13/h2-12H,1H3,(H2,20,23). The van der Waals surface area contributed by atoms with Crippen LogP contribution in [-0.4, -0.2) is 17.6 Å². The summed E-state index contributed by atoms with van der Waals surface area (Å²) >= 11 is 0. The van der Waals surface area contributed by atoms with Gasteiger partial charge in [0.05, 0.1) is 12.8 Å². The molecule has 0 saturated heterocycles. The molecule has 0 saturated carbocycles. The van der Waals surface area contributed by atoms with Gasteiger partial charge in [0.2, 0.25) is 0 Å². The van der Waals surface area contributed by atoms with E-state index in [2.05, 4.69) is 0 Å². The smallest absolute Gasteiger partial charge is 0.259 e. The molecule has 0 aliphatic heterocycles. The van der Waals surface area contributed by atoms with Crippen molar-refractivity contribution in [2.24, 2.45) is 5.73 Å². The van der Waals surface area contributed by atoms with Gasteiger partial charge in [-0.1, -0.05) is 48.5 Å². The normalized spacial score (nSPS) is 10.4. The number of methoxy groups -OCH3 is 1. The van der Waals surface area contributed by atoms with Gasteiger partial charge in [-0.25, -0.2) is 0 Å². The minimum Gasteiger partial charge on any atom is -0.496 e. The lowest BCUT2D eigenvalue weighted by Crippen LogP contribution is -2.25. The Labute approximate surface area is 138 Å². The maximum Gasteiger partial charge on any atom is 0.259 e. The summed E-state index contributed by atoms with van der Waals surface area (Å²) in [5, 5.41) is 0. The van der Waals surface area contributed by atoms with Crippen molar-refractivity contribution in [2.75, 3.05) is 7.11 Å². The molecule has 2 N–H and O–H groups in total. The summed E-state index contributed by atoms with van der Waals surface area (Å²) < 4.78 is 6.70. The van der Waals surface area contributed by atoms with E-state index in [9.17, 15) is 9.59 Å². The minimum atomic E-state index is -0.657. The van der Waals surface area contributed by atoms with Gasteiger partial charge >= 0.3 is 0 Å². The molecule has 1 amide bonds. The van der Waals surface area contributed by atoms with E-state index >= 15 is 0 Å². The van der Waals surface area contributed by atoms with Crippen LogP contribution in [0.5, 0.6) is 5.75 Å². The number of carbonyl (C=O) groups excluding carboxylic acids is 1. The first-order chi connectivity index (χ1) is 11.6. The molecule has 0 unspecified atom stereocenters. The summed E-state index contributed by atoms with van der Waals surface area (Å²) in [6.45, 7) is 0. The van der Waals surface area contributed by atoms with Crippen LogP contribution in [0.3, 0.4) is 0 Å². The summed E-state index contributed by atoms with van der Waals surface area (Å²) in [7, 11) is 1.41. The average Bonchev–Trinajstić information content (AvgIpc) is 2.61. The van der Waals surface area contributed by atoms with Gasteiger partial charge in [0.25, 0.3) is 11.5 Å². The molecule has 3 rings (SSSR count). The predicted octanol–water partition coefficient (Wildman–Crippen LogP) is 2.61. The van der Waals surface area contributed by atoms with Crippen molar-refractivity contribution in [3.8, 4) is 22.7 Å². The van der Waals surface area contributed by atoms with Crippen molar-refractivity contribution in [2.45, 2.75) is 0 Å². The number of para-hydroxylation sites is 1. The molecule has 120 valence electrons. The Morgan fingerprint density at radius 3 is 2.12 bits per heavy atom. The van der Waals surface area contributed by atoms with Crippen LogP contribution in [-0.2, 0) is 0 Å². The highest BCUT2D eigenvalue weighted by Gasteiger charge is 2.22. The second kappa shape index (κ2) is 6.42. The highest BCUT2D eigenvalue weighted by atomic mass is 16.5. The molecule has 5 nitrogen and oxygen atoms in total. The third kappa shape index (κ3) is 2.67. The highest BCUT2D eigenvalue weighted by Crippen LogP contribution is 2.30. The third-order valence-electron chi connectivity index (χ3n) is 3.71. The van der Waals surface area contributed by atoms with Gasteiger partial charge in [0.1, 0.15) is 11.3 Å². The second-order valence-corrected chi connectivity index (χ2v) is 5.18. The third-order valence-corrected chi connectivity index (χ3v) is 3.71. The van der Waals surface area contributed by atoms with E-state index in [1.54, 1.807) is 12.1 Å². The van der Waals surface area contributed by atoms with Crippen LogP contribution < -0.4 is 16.0 Å². The molecule has 0 aliphatic rings. The zero-order valence-electron chi connectivity index (χ0n) is 13.1. The van der Waals surface area contributed by atoms with Crippen molar-refractivity contribution in [1.29, 1.82) is 0 Å². The van der Waals surface area contributed by atoms with Crippen molar-refractivity contribution >= 4 is 5.91 Å². The number of aromatic nitrogens is 1. The van der Waals surface area contributed by atoms with Crippen molar-refractivity contribution < 1.29 is 9.53 Å². The van der Waals surface area contributed by atoms with Gasteiger partial charge in [-0.2, -0.15) is 0 Å². The molecular formula is C19H16N2O3. The Hall–Kier alpha value is -3.34. The number of hydrogen-bond donors (Lipinski definition) is 1. The summed E-state index contributed by atoms with van der Waals surface area (Å²) in [5.74, 6) is -0.492. The summed E-state index contributed by atoms with van der Waals surface area (Å²) in [4.78, 5) is 24.8. The van der Waals surface area contributed by atoms with Gasteiger partial charge in [-0.05, 0) is 17.7 Å². The molecule has 5 heteroatoms. The van der Waals surface area contributed by atoms with Crippen LogP contribution in [0, 0.1) is 0 Å². The zero-order chi connectivity index (χ0) is 17.1. The second-order valence-electron chi connectivity index (χ2n) is 5.18. The van der Waals surface area contributed by atoms with Crippen molar-refractivity contribution in [1.82, 2.24) is 4.57 Å². The Morgan fingerprint density at radius 2 is 1.58 bits per heavy atom. The van der Waals surface area contributed by atoms with E-state index in [0.717, 1.165) is 0 Å². The number of nitrogens with zero attached hydrogens (tertiary/aromatic N) is 1. The number of ether oxygens (including phenoxy) is 1. The molecule has 3 aromatic rings. The number of pyridine rings is 1. The topological polar surface area (TPSA) is 74.3 Å². The van der Waals surface area contributed by atoms with E-state index in [1.807, 2.05) is 48.5 Å². The van der Waals surface area contributed by atoms with Crippen LogP contribution in [0.25, 0.3) is 16.9 Å². The molecule has 1 aromatic heterocycles. The summed E-state index contributed by atoms with van der Waals surface area (Å²) in [6.07, 6.45) is 0. The molecule has 0 atom stereocenters. The van der Waals surface area contributed by atoms with Gasteiger partial charge in [-0.3, -0.25) is 14.2 Å². The van der Waals surface area contributed by atoms with E-state index in [0.29, 0.717) is 16.9 Å². The number of benzene rings is 2. The van der Waals surface area contributed by atoms with Crippen LogP contribution in [0.1, 0.15) is 10.4 Å². The van der Waals surface area contributed by atoms with Gasteiger partial charge in [0, 0.05) is 11.8 Å². The monoisotopic (exact) mass is 320 g/mol. The molecule has 0 aliphatic carbocycles. The van der Waals surface area contributed by atoms with Crippen molar-refractivity contribution in [3.05, 3.63) is 82.6 Å². The Balaban J connectivity index is 2.48. The molecule has 24 heavy (non-hydrogen) atoms. The molecule has 0 fully saturated rings. The maximum atomic E-state index is 12.7. The number of primary amides is 1. The minimum absolute atomic E-state index is 0.165. The lowest BCUT2D eigenvalue weighted by atomic mass is 10.0. The molecule has 0 bridgehead atoms. The number of hydrogen-bond acceptors (Lipinski definition) is 3. The molecule has 2 aromatic carbocycles. The van der Waals surface area contributed by atoms with Crippen LogP contribution >= 0.6 is 0 Å². The lowest BCUT2D eigenvalue weighted by Gasteiger charge is -2.18. The molecular weight excluding hydrogens is 304 g/mol. The Morgan fingerprint density at radius 1 is 1.00 bits per heavy atom. The first-order valence-corrected chi connectivity index (χ1v) is 7.38. The zero-order valence-corrected chi connectivity index (χ0v) is 13.1. The number of rotatable bonds is 4. The largest absolute Gasteiger partial charge is 0.496 e. The summed E-state index contributed by atoms with van der Waals surface area (Å²) in [6, 6.07) is 19.5. The SMILES string of the molecule is COc1cc(=O)n(-c2ccccc2)c(-c2ccccc2)c1C(N)=O. The molecule has 0 spiro atoms. The first kappa shape index (κ1) is 15.6. The molecule has 0 radical (unpaired) electrons. The number of nitrogens with two attached hydrogens (primary N) is 1. The van der Waals surface area contributed by atoms with Crippen LogP contribution in [0.4, 0.5) is 0 Å². The fourth-order valence-corrected chi connectivity index (χ4v) is 2.69. The van der Waals surface area contributed by atoms with E-state index in [1.165, 1.54) is 17.7 Å². The van der Waals surface area contributed by atoms with Gasteiger partial charge < -0.3 is 10.5 Å². The molecule has 1 heterocycles. The van der Waals surface area contributed by atoms with E-state index < -0.39 is 5.91 Å². The maximum absolute atomic E-state index is 12.7. The Bertz CT molecular complexity index is 932. The average molecular weight is 320 g/mol. The Kier molecular flexibility index (Phi) is 4.16. The number of amides is 1. The van der Waals surface area contributed by atoms with Crippen LogP contribution in [0.15, 0.2) is 71.5 Å². The quantitative estimate of drug-likeness (QED) is 0.803. The summed E-state index contributed by atoms with van der Waals surface area (Å²) in [5.41, 5.74) is 7.22. The lowest BCUT2D eigenvalue weighted by molar-refractivity contribution is 0.0997. The van der Waals surface area contributed by atoms with Crippen LogP contribution in [0.2, 0.25) is 0 Å². The fraction of sp³-hybridized carbons (Fsp3) is 0.0526. The fourth-order valence-electron chi connectivity index (χ4n) is 2.69.